The van der Waals surface area contributed by atoms with Gasteiger partial charge in [-0.05, 0) is 32.4 Å². The number of nitrogens with one attached hydrogen (secondary N) is 1. The maximum Gasteiger partial charge on any atom is 0.244 e. The fraction of sp³-hybridized carbons (Fsp3) is 0.421. The summed E-state index contributed by atoms with van der Waals surface area (Å²) in [5.74, 6) is 1.08. The van der Waals surface area contributed by atoms with Crippen LogP contribution in [0, 0.1) is 0 Å². The molecule has 2 aromatic rings. The number of hydrogen-bond donors (Lipinski definition) is 1. The van der Waals surface area contributed by atoms with Crippen LogP contribution in [0.15, 0.2) is 36.5 Å². The van der Waals surface area contributed by atoms with E-state index >= 15 is 0 Å². The number of rotatable bonds is 3. The molecule has 25 heavy (non-hydrogen) atoms. The molecule has 6 heteroatoms. The first-order valence-corrected chi connectivity index (χ1v) is 9.52. The summed E-state index contributed by atoms with van der Waals surface area (Å²) in [6, 6.07) is 9.33. The van der Waals surface area contributed by atoms with E-state index in [1.165, 1.54) is 0 Å². The Morgan fingerprint density at radius 2 is 2.04 bits per heavy atom. The number of fused-ring (bicyclic) bond motifs is 1. The number of benzene rings is 1. The Morgan fingerprint density at radius 1 is 1.28 bits per heavy atom. The van der Waals surface area contributed by atoms with E-state index in [2.05, 4.69) is 10.3 Å². The third-order valence-electron chi connectivity index (χ3n) is 4.06. The van der Waals surface area contributed by atoms with Crippen LogP contribution in [0.4, 0.5) is 0 Å². The molecule has 1 fully saturated rings. The van der Waals surface area contributed by atoms with Crippen molar-refractivity contribution in [1.82, 2.24) is 15.2 Å². The molecule has 1 aromatic heterocycles. The first-order valence-electron chi connectivity index (χ1n) is 8.37. The molecule has 0 saturated carbocycles. The Kier molecular flexibility index (Phi) is 4.99. The van der Waals surface area contributed by atoms with Gasteiger partial charge < -0.3 is 10.2 Å². The molecule has 132 valence electrons. The monoisotopic (exact) mass is 357 g/mol. The van der Waals surface area contributed by atoms with Gasteiger partial charge in [0.25, 0.3) is 0 Å². The summed E-state index contributed by atoms with van der Waals surface area (Å²) in [4.78, 5) is 31.4. The molecule has 1 aliphatic heterocycles. The largest absolute Gasteiger partial charge is 0.350 e. The molecule has 0 spiro atoms. The standard InChI is InChI=1S/C19H23N3O2S/c1-19(2,3)21-18(24)15-11-25-12-22(15)16(23)10-14-7-4-6-13-8-5-9-20-17(13)14/h4-9,15H,10-12H2,1-3H3,(H,21,24). The molecule has 5 nitrogen and oxygen atoms in total. The van der Waals surface area contributed by atoms with Crippen molar-refractivity contribution in [3.8, 4) is 0 Å². The summed E-state index contributed by atoms with van der Waals surface area (Å²) in [7, 11) is 0. The smallest absolute Gasteiger partial charge is 0.244 e. The predicted octanol–water partition coefficient (Wildman–Crippen LogP) is 2.59. The lowest BCUT2D eigenvalue weighted by Gasteiger charge is -2.27. The second kappa shape index (κ2) is 7.04. The minimum absolute atomic E-state index is 0.0304. The number of carbonyl (C=O) groups excluding carboxylic acids is 2. The molecular weight excluding hydrogens is 334 g/mol. The molecule has 3 rings (SSSR count). The van der Waals surface area contributed by atoms with Gasteiger partial charge in [-0.15, -0.1) is 11.8 Å². The SMILES string of the molecule is CC(C)(C)NC(=O)C1CSCN1C(=O)Cc1cccc2cccnc12. The van der Waals surface area contributed by atoms with Crippen molar-refractivity contribution in [3.63, 3.8) is 0 Å². The number of pyridine rings is 1. The van der Waals surface area contributed by atoms with Crippen molar-refractivity contribution < 1.29 is 9.59 Å². The van der Waals surface area contributed by atoms with Gasteiger partial charge in [-0.2, -0.15) is 0 Å². The Balaban J connectivity index is 1.77. The second-order valence-electron chi connectivity index (χ2n) is 7.29. The zero-order valence-electron chi connectivity index (χ0n) is 14.8. The average Bonchev–Trinajstić information content (AvgIpc) is 3.03. The lowest BCUT2D eigenvalue weighted by molar-refractivity contribution is -0.138. The van der Waals surface area contributed by atoms with Crippen molar-refractivity contribution in [2.45, 2.75) is 38.8 Å². The number of thioether (sulfide) groups is 1. The maximum absolute atomic E-state index is 12.8. The summed E-state index contributed by atoms with van der Waals surface area (Å²) in [5.41, 5.74) is 1.44. The number of aromatic nitrogens is 1. The molecule has 1 saturated heterocycles. The van der Waals surface area contributed by atoms with Crippen LogP contribution in [-0.4, -0.2) is 44.9 Å². The first kappa shape index (κ1) is 17.7. The maximum atomic E-state index is 12.8. The van der Waals surface area contributed by atoms with E-state index in [-0.39, 0.29) is 23.8 Å². The van der Waals surface area contributed by atoms with E-state index in [1.807, 2.05) is 51.1 Å². The van der Waals surface area contributed by atoms with Gasteiger partial charge in [-0.3, -0.25) is 14.6 Å². The minimum Gasteiger partial charge on any atom is -0.350 e. The van der Waals surface area contributed by atoms with E-state index in [4.69, 9.17) is 0 Å². The van der Waals surface area contributed by atoms with Crippen LogP contribution in [0.3, 0.4) is 0 Å². The molecule has 2 amide bonds. The van der Waals surface area contributed by atoms with Gasteiger partial charge in [-0.1, -0.05) is 24.3 Å². The lowest BCUT2D eigenvalue weighted by Crippen LogP contribution is -2.52. The Bertz CT molecular complexity index is 795. The zero-order valence-corrected chi connectivity index (χ0v) is 15.6. The van der Waals surface area contributed by atoms with Gasteiger partial charge in [0, 0.05) is 22.9 Å². The Morgan fingerprint density at radius 3 is 2.80 bits per heavy atom. The van der Waals surface area contributed by atoms with Gasteiger partial charge in [0.2, 0.25) is 11.8 Å². The topological polar surface area (TPSA) is 62.3 Å². The van der Waals surface area contributed by atoms with Crippen LogP contribution < -0.4 is 5.32 Å². The summed E-state index contributed by atoms with van der Waals surface area (Å²) in [5, 5.41) is 4.00. The highest BCUT2D eigenvalue weighted by atomic mass is 32.2. The molecule has 0 radical (unpaired) electrons. The van der Waals surface area contributed by atoms with E-state index in [1.54, 1.807) is 22.9 Å². The average molecular weight is 357 g/mol. The quantitative estimate of drug-likeness (QED) is 0.917. The van der Waals surface area contributed by atoms with Gasteiger partial charge >= 0.3 is 0 Å². The summed E-state index contributed by atoms with van der Waals surface area (Å²) >= 11 is 1.62. The first-order chi connectivity index (χ1) is 11.8. The highest BCUT2D eigenvalue weighted by Crippen LogP contribution is 2.24. The van der Waals surface area contributed by atoms with Crippen LogP contribution in [-0.2, 0) is 16.0 Å². The number of nitrogens with zero attached hydrogens (tertiary/aromatic N) is 2. The minimum atomic E-state index is -0.403. The third-order valence-corrected chi connectivity index (χ3v) is 5.07. The van der Waals surface area contributed by atoms with Crippen LogP contribution in [0.2, 0.25) is 0 Å². The molecule has 0 aliphatic carbocycles. The molecule has 1 atom stereocenters. The second-order valence-corrected chi connectivity index (χ2v) is 8.29. The fourth-order valence-electron chi connectivity index (χ4n) is 2.93. The molecule has 1 aromatic carbocycles. The van der Waals surface area contributed by atoms with Gasteiger partial charge in [-0.25, -0.2) is 0 Å². The fourth-order valence-corrected chi connectivity index (χ4v) is 4.11. The van der Waals surface area contributed by atoms with Crippen molar-refractivity contribution in [2.24, 2.45) is 0 Å². The summed E-state index contributed by atoms with van der Waals surface area (Å²) in [6.07, 6.45) is 2.00. The van der Waals surface area contributed by atoms with E-state index in [0.717, 1.165) is 16.5 Å². The Labute approximate surface area is 152 Å². The van der Waals surface area contributed by atoms with Crippen molar-refractivity contribution in [3.05, 3.63) is 42.1 Å². The molecule has 2 heterocycles. The highest BCUT2D eigenvalue weighted by Gasteiger charge is 2.35. The molecule has 1 aliphatic rings. The van der Waals surface area contributed by atoms with Crippen molar-refractivity contribution >= 4 is 34.5 Å². The number of carbonyl (C=O) groups is 2. The van der Waals surface area contributed by atoms with Crippen LogP contribution in [0.5, 0.6) is 0 Å². The van der Waals surface area contributed by atoms with E-state index in [9.17, 15) is 9.59 Å². The number of hydrogen-bond acceptors (Lipinski definition) is 4. The highest BCUT2D eigenvalue weighted by molar-refractivity contribution is 7.99. The van der Waals surface area contributed by atoms with Crippen LogP contribution in [0.25, 0.3) is 10.9 Å². The van der Waals surface area contributed by atoms with Crippen LogP contribution in [0.1, 0.15) is 26.3 Å². The third kappa shape index (κ3) is 4.12. The van der Waals surface area contributed by atoms with Gasteiger partial charge in [0.1, 0.15) is 6.04 Å². The molecule has 0 bridgehead atoms. The van der Waals surface area contributed by atoms with E-state index < -0.39 is 6.04 Å². The molecule has 1 unspecified atom stereocenters. The zero-order chi connectivity index (χ0) is 18.0. The predicted molar refractivity (Wildman–Crippen MR) is 101 cm³/mol. The van der Waals surface area contributed by atoms with Crippen LogP contribution >= 0.6 is 11.8 Å². The Hall–Kier alpha value is -2.08. The van der Waals surface area contributed by atoms with Gasteiger partial charge in [0.15, 0.2) is 0 Å². The van der Waals surface area contributed by atoms with Crippen molar-refractivity contribution in [2.75, 3.05) is 11.6 Å². The molecular formula is C19H23N3O2S. The normalized spacial score (nSPS) is 17.7. The van der Waals surface area contributed by atoms with Gasteiger partial charge in [0.05, 0.1) is 17.8 Å². The lowest BCUT2D eigenvalue weighted by atomic mass is 10.1. The van der Waals surface area contributed by atoms with Crippen molar-refractivity contribution in [1.29, 1.82) is 0 Å². The number of amides is 2. The number of para-hydroxylation sites is 1. The molecule has 1 N–H and O–H groups in total. The summed E-state index contributed by atoms with van der Waals surface area (Å²) in [6.45, 7) is 5.84. The summed E-state index contributed by atoms with van der Waals surface area (Å²) < 4.78 is 0. The van der Waals surface area contributed by atoms with E-state index in [0.29, 0.717) is 11.6 Å².